The van der Waals surface area contributed by atoms with Gasteiger partial charge in [-0.2, -0.15) is 0 Å². The van der Waals surface area contributed by atoms with Gasteiger partial charge in [-0.15, -0.1) is 6.58 Å². The summed E-state index contributed by atoms with van der Waals surface area (Å²) in [5, 5.41) is 3.43. The number of hydrogen-bond acceptors (Lipinski definition) is 2. The van der Waals surface area contributed by atoms with Crippen molar-refractivity contribution in [1.29, 1.82) is 0 Å². The van der Waals surface area contributed by atoms with Gasteiger partial charge in [0.1, 0.15) is 0 Å². The van der Waals surface area contributed by atoms with Gasteiger partial charge in [-0.1, -0.05) is 33.8 Å². The smallest absolute Gasteiger partial charge is 0.0195 e. The average Bonchev–Trinajstić information content (AvgIpc) is 2.29. The summed E-state index contributed by atoms with van der Waals surface area (Å²) in [7, 11) is 0. The fourth-order valence-corrected chi connectivity index (χ4v) is 2.38. The molecule has 0 aliphatic heterocycles. The van der Waals surface area contributed by atoms with Crippen LogP contribution in [0.15, 0.2) is 12.7 Å². The second-order valence-corrected chi connectivity index (χ2v) is 5.36. The standard InChI is InChI=1S/C15H32N2/c1-7-10-16-11-14(6)17(12-13(4)5)15(8-2)9-3/h7,13-16H,1,8-12H2,2-6H3. The molecule has 0 saturated carbocycles. The fraction of sp³-hybridized carbons (Fsp3) is 0.867. The van der Waals surface area contributed by atoms with Crippen molar-refractivity contribution in [3.63, 3.8) is 0 Å². The topological polar surface area (TPSA) is 15.3 Å². The quantitative estimate of drug-likeness (QED) is 0.465. The molecule has 0 fully saturated rings. The molecule has 0 aromatic carbocycles. The number of hydrogen-bond donors (Lipinski definition) is 1. The Bertz CT molecular complexity index is 185. The monoisotopic (exact) mass is 240 g/mol. The van der Waals surface area contributed by atoms with E-state index in [9.17, 15) is 0 Å². The lowest BCUT2D eigenvalue weighted by Gasteiger charge is -2.37. The van der Waals surface area contributed by atoms with Crippen LogP contribution >= 0.6 is 0 Å². The normalized spacial score (nSPS) is 13.6. The summed E-state index contributed by atoms with van der Waals surface area (Å²) in [6, 6.07) is 1.32. The Hall–Kier alpha value is -0.340. The molecule has 2 nitrogen and oxygen atoms in total. The SMILES string of the molecule is C=CCNCC(C)N(CC(C)C)C(CC)CC. The van der Waals surface area contributed by atoms with Crippen molar-refractivity contribution in [3.8, 4) is 0 Å². The Balaban J connectivity index is 4.37. The highest BCUT2D eigenvalue weighted by Crippen LogP contribution is 2.14. The first kappa shape index (κ1) is 16.7. The molecule has 1 atom stereocenters. The lowest BCUT2D eigenvalue weighted by molar-refractivity contribution is 0.117. The summed E-state index contributed by atoms with van der Waals surface area (Å²) in [6.07, 6.45) is 4.42. The summed E-state index contributed by atoms with van der Waals surface area (Å²) >= 11 is 0. The van der Waals surface area contributed by atoms with Gasteiger partial charge in [-0.05, 0) is 25.7 Å². The van der Waals surface area contributed by atoms with E-state index in [1.165, 1.54) is 19.4 Å². The van der Waals surface area contributed by atoms with Gasteiger partial charge < -0.3 is 5.32 Å². The highest BCUT2D eigenvalue weighted by atomic mass is 15.2. The lowest BCUT2D eigenvalue weighted by atomic mass is 10.0. The van der Waals surface area contributed by atoms with E-state index in [1.54, 1.807) is 0 Å². The van der Waals surface area contributed by atoms with Crippen LogP contribution in [-0.4, -0.2) is 36.6 Å². The van der Waals surface area contributed by atoms with Crippen molar-refractivity contribution in [3.05, 3.63) is 12.7 Å². The minimum atomic E-state index is 0.599. The van der Waals surface area contributed by atoms with Crippen molar-refractivity contribution < 1.29 is 0 Å². The van der Waals surface area contributed by atoms with Crippen molar-refractivity contribution >= 4 is 0 Å². The van der Waals surface area contributed by atoms with Gasteiger partial charge in [0, 0.05) is 31.7 Å². The number of nitrogens with zero attached hydrogens (tertiary/aromatic N) is 1. The Morgan fingerprint density at radius 1 is 1.18 bits per heavy atom. The predicted octanol–water partition coefficient (Wildman–Crippen LogP) is 3.30. The molecular weight excluding hydrogens is 208 g/mol. The molecule has 0 rings (SSSR count). The first-order valence-electron chi connectivity index (χ1n) is 7.14. The fourth-order valence-electron chi connectivity index (χ4n) is 2.38. The van der Waals surface area contributed by atoms with Crippen LogP contribution in [0.5, 0.6) is 0 Å². The number of rotatable bonds is 10. The van der Waals surface area contributed by atoms with Crippen LogP contribution in [0.2, 0.25) is 0 Å². The van der Waals surface area contributed by atoms with E-state index in [0.717, 1.165) is 25.0 Å². The molecule has 2 heteroatoms. The van der Waals surface area contributed by atoms with Gasteiger partial charge in [0.25, 0.3) is 0 Å². The largest absolute Gasteiger partial charge is 0.312 e. The summed E-state index contributed by atoms with van der Waals surface area (Å²) in [6.45, 7) is 18.4. The van der Waals surface area contributed by atoms with Crippen LogP contribution in [0, 0.1) is 5.92 Å². The van der Waals surface area contributed by atoms with E-state index in [0.29, 0.717) is 6.04 Å². The van der Waals surface area contributed by atoms with Crippen molar-refractivity contribution in [2.75, 3.05) is 19.6 Å². The van der Waals surface area contributed by atoms with Crippen LogP contribution in [0.25, 0.3) is 0 Å². The Morgan fingerprint density at radius 3 is 2.18 bits per heavy atom. The maximum absolute atomic E-state index is 3.74. The zero-order chi connectivity index (χ0) is 13.3. The molecule has 0 amide bonds. The summed E-state index contributed by atoms with van der Waals surface area (Å²) in [4.78, 5) is 2.67. The molecule has 0 aromatic heterocycles. The minimum absolute atomic E-state index is 0.599. The van der Waals surface area contributed by atoms with Crippen LogP contribution in [-0.2, 0) is 0 Å². The third-order valence-electron chi connectivity index (χ3n) is 3.28. The predicted molar refractivity (Wildman–Crippen MR) is 78.4 cm³/mol. The maximum Gasteiger partial charge on any atom is 0.0195 e. The Labute approximate surface area is 108 Å². The Kier molecular flexibility index (Phi) is 9.47. The molecular formula is C15H32N2. The van der Waals surface area contributed by atoms with Crippen molar-refractivity contribution in [1.82, 2.24) is 10.2 Å². The second kappa shape index (κ2) is 9.67. The van der Waals surface area contributed by atoms with Gasteiger partial charge in [0.05, 0.1) is 0 Å². The first-order valence-corrected chi connectivity index (χ1v) is 7.14. The average molecular weight is 240 g/mol. The molecule has 0 bridgehead atoms. The van der Waals surface area contributed by atoms with E-state index in [1.807, 2.05) is 6.08 Å². The summed E-state index contributed by atoms with van der Waals surface area (Å²) in [5.74, 6) is 0.734. The van der Waals surface area contributed by atoms with Crippen LogP contribution in [0.4, 0.5) is 0 Å². The first-order chi connectivity index (χ1) is 8.06. The highest BCUT2D eigenvalue weighted by Gasteiger charge is 2.21. The van der Waals surface area contributed by atoms with E-state index in [2.05, 4.69) is 51.4 Å². The van der Waals surface area contributed by atoms with Gasteiger partial charge in [0.15, 0.2) is 0 Å². The molecule has 17 heavy (non-hydrogen) atoms. The summed E-state index contributed by atoms with van der Waals surface area (Å²) < 4.78 is 0. The maximum atomic E-state index is 3.74. The van der Waals surface area contributed by atoms with E-state index < -0.39 is 0 Å². The van der Waals surface area contributed by atoms with Crippen molar-refractivity contribution in [2.45, 2.75) is 59.5 Å². The van der Waals surface area contributed by atoms with E-state index >= 15 is 0 Å². The summed E-state index contributed by atoms with van der Waals surface area (Å²) in [5.41, 5.74) is 0. The van der Waals surface area contributed by atoms with Gasteiger partial charge >= 0.3 is 0 Å². The van der Waals surface area contributed by atoms with Crippen molar-refractivity contribution in [2.24, 2.45) is 5.92 Å². The molecule has 0 saturated heterocycles. The Morgan fingerprint density at radius 2 is 1.76 bits per heavy atom. The van der Waals surface area contributed by atoms with E-state index in [4.69, 9.17) is 0 Å². The zero-order valence-corrected chi connectivity index (χ0v) is 12.5. The minimum Gasteiger partial charge on any atom is -0.312 e. The third kappa shape index (κ3) is 6.85. The molecule has 0 aromatic rings. The van der Waals surface area contributed by atoms with Gasteiger partial charge in [-0.3, -0.25) is 4.90 Å². The van der Waals surface area contributed by atoms with Crippen LogP contribution < -0.4 is 5.32 Å². The van der Waals surface area contributed by atoms with E-state index in [-0.39, 0.29) is 0 Å². The second-order valence-electron chi connectivity index (χ2n) is 5.36. The highest BCUT2D eigenvalue weighted by molar-refractivity contribution is 4.79. The molecule has 102 valence electrons. The molecule has 0 heterocycles. The third-order valence-corrected chi connectivity index (χ3v) is 3.28. The molecule has 0 aliphatic rings. The van der Waals surface area contributed by atoms with Crippen LogP contribution in [0.3, 0.4) is 0 Å². The lowest BCUT2D eigenvalue weighted by Crippen LogP contribution is -2.47. The molecule has 1 N–H and O–H groups in total. The van der Waals surface area contributed by atoms with Gasteiger partial charge in [-0.25, -0.2) is 0 Å². The zero-order valence-electron chi connectivity index (χ0n) is 12.5. The molecule has 0 spiro atoms. The van der Waals surface area contributed by atoms with Gasteiger partial charge in [0.2, 0.25) is 0 Å². The molecule has 0 radical (unpaired) electrons. The number of nitrogens with one attached hydrogen (secondary N) is 1. The molecule has 0 aliphatic carbocycles. The molecule has 1 unspecified atom stereocenters. The van der Waals surface area contributed by atoms with Crippen LogP contribution in [0.1, 0.15) is 47.5 Å².